The molecule has 0 saturated heterocycles. The molecule has 21 heavy (non-hydrogen) atoms. The molecule has 0 aromatic heterocycles. The maximum Gasteiger partial charge on any atom is 1.00 e. The average Bonchev–Trinajstić information content (AvgIpc) is 2.21. The molecule has 10 heteroatoms. The second-order valence-electron chi connectivity index (χ2n) is 5.92. The van der Waals surface area contributed by atoms with Gasteiger partial charge in [0.05, 0.1) is 21.6 Å². The Morgan fingerprint density at radius 1 is 0.857 bits per heavy atom. The summed E-state index contributed by atoms with van der Waals surface area (Å²) in [6.45, 7) is 11.5. The topological polar surface area (TPSA) is 101 Å². The molecule has 0 spiro atoms. The van der Waals surface area contributed by atoms with Crippen LogP contribution in [-0.4, -0.2) is 41.2 Å². The fourth-order valence-corrected chi connectivity index (χ4v) is 12.8. The summed E-state index contributed by atoms with van der Waals surface area (Å²) in [5.41, 5.74) is 0.170. The van der Waals surface area contributed by atoms with Crippen molar-refractivity contribution in [1.82, 2.24) is 0 Å². The van der Waals surface area contributed by atoms with Gasteiger partial charge in [-0.3, -0.25) is 0 Å². The third kappa shape index (κ3) is 7.16. The minimum atomic E-state index is -4.57. The van der Waals surface area contributed by atoms with Crippen LogP contribution in [0.1, 0.15) is 41.5 Å². The van der Waals surface area contributed by atoms with Crippen molar-refractivity contribution in [1.29, 1.82) is 0 Å². The van der Waals surface area contributed by atoms with Crippen molar-refractivity contribution in [3.63, 3.8) is 0 Å². The Hall–Kier alpha value is 0.634. The van der Waals surface area contributed by atoms with E-state index < -0.39 is 40.1 Å². The molecule has 0 radical (unpaired) electrons. The number of hydrogen-bond acceptors (Lipinski definition) is 6. The molecule has 0 aliphatic carbocycles. The van der Waals surface area contributed by atoms with Gasteiger partial charge in [-0.15, -0.1) is 0 Å². The third-order valence-corrected chi connectivity index (χ3v) is 12.8. The molecule has 0 bridgehead atoms. The first-order valence-corrected chi connectivity index (χ1v) is 11.9. The molecule has 0 amide bonds. The normalized spacial score (nSPS) is 13.8. The predicted octanol–water partition coefficient (Wildman–Crippen LogP) is -0.942. The van der Waals surface area contributed by atoms with E-state index in [1.807, 2.05) is 41.5 Å². The zero-order chi connectivity index (χ0) is 16.4. The van der Waals surface area contributed by atoms with E-state index in [0.717, 1.165) is 0 Å². The third-order valence-electron chi connectivity index (χ3n) is 3.56. The molecule has 122 valence electrons. The van der Waals surface area contributed by atoms with Crippen LogP contribution in [0.4, 0.5) is 0 Å². The van der Waals surface area contributed by atoms with E-state index in [2.05, 4.69) is 0 Å². The zero-order valence-electron chi connectivity index (χ0n) is 13.9. The quantitative estimate of drug-likeness (QED) is 0.413. The molecule has 0 fully saturated rings. The van der Waals surface area contributed by atoms with Crippen molar-refractivity contribution < 1.29 is 44.1 Å². The first-order chi connectivity index (χ1) is 8.74. The van der Waals surface area contributed by atoms with Crippen molar-refractivity contribution in [2.45, 2.75) is 58.2 Å². The molecule has 0 aliphatic rings. The van der Waals surface area contributed by atoms with Crippen LogP contribution >= 0.6 is 0 Å². The fourth-order valence-electron chi connectivity index (χ4n) is 2.75. The molecule has 0 unspecified atom stereocenters. The van der Waals surface area contributed by atoms with Crippen LogP contribution in [0.25, 0.3) is 0 Å². The molecule has 0 heterocycles. The van der Waals surface area contributed by atoms with Crippen LogP contribution in [0, 0.1) is 0 Å². The van der Waals surface area contributed by atoms with E-state index in [1.54, 1.807) is 0 Å². The standard InChI is InChI=1S/C11H26O6S2Si.Li/c1-9(2)20(10(3)4,11(5)6)17-19(15,16)8-7-18(12,13)14;/h9-11H,7-8H2,1-6H3,(H,12,13,14);/q;+1/p-1. The SMILES string of the molecule is CC(C)[Si](OS(=O)(=O)CCS(=O)(=O)[O-])(C(C)C)C(C)C.[Li+]. The largest absolute Gasteiger partial charge is 1.00 e. The average molecular weight is 352 g/mol. The summed E-state index contributed by atoms with van der Waals surface area (Å²) in [7, 11) is -11.2. The maximum absolute atomic E-state index is 12.0. The first kappa shape index (κ1) is 23.9. The summed E-state index contributed by atoms with van der Waals surface area (Å²) >= 11 is 0. The van der Waals surface area contributed by atoms with Crippen LogP contribution in [0.3, 0.4) is 0 Å². The monoisotopic (exact) mass is 352 g/mol. The van der Waals surface area contributed by atoms with E-state index in [4.69, 9.17) is 3.87 Å². The van der Waals surface area contributed by atoms with Crippen molar-refractivity contribution in [3.05, 3.63) is 0 Å². The number of hydrogen-bond donors (Lipinski definition) is 0. The summed E-state index contributed by atoms with van der Waals surface area (Å²) in [4.78, 5) is 0. The molecular formula is C11H25LiO6S2Si. The van der Waals surface area contributed by atoms with Gasteiger partial charge in [0.25, 0.3) is 10.1 Å². The van der Waals surface area contributed by atoms with Gasteiger partial charge in [0.2, 0.25) is 8.32 Å². The Balaban J connectivity index is 0. The molecule has 0 N–H and O–H groups in total. The summed E-state index contributed by atoms with van der Waals surface area (Å²) < 4.78 is 61.3. The molecular weight excluding hydrogens is 327 g/mol. The molecule has 0 aromatic rings. The second-order valence-corrected chi connectivity index (χ2v) is 14.8. The minimum absolute atomic E-state index is 0. The number of rotatable bonds is 8. The zero-order valence-corrected chi connectivity index (χ0v) is 16.5. The van der Waals surface area contributed by atoms with Gasteiger partial charge in [0.1, 0.15) is 0 Å². The smallest absolute Gasteiger partial charge is 0.748 e. The van der Waals surface area contributed by atoms with E-state index in [0.29, 0.717) is 0 Å². The van der Waals surface area contributed by atoms with E-state index >= 15 is 0 Å². The Bertz CT molecular complexity index is 491. The summed E-state index contributed by atoms with van der Waals surface area (Å²) in [6, 6.07) is 0. The summed E-state index contributed by atoms with van der Waals surface area (Å²) in [6.07, 6.45) is 0. The van der Waals surface area contributed by atoms with Crippen molar-refractivity contribution in [2.24, 2.45) is 0 Å². The summed E-state index contributed by atoms with van der Waals surface area (Å²) in [5.74, 6) is -1.73. The van der Waals surface area contributed by atoms with Crippen LogP contribution in [0.5, 0.6) is 0 Å². The van der Waals surface area contributed by atoms with Gasteiger partial charge >= 0.3 is 18.9 Å². The summed E-state index contributed by atoms with van der Waals surface area (Å²) in [5, 5.41) is 0. The Morgan fingerprint density at radius 3 is 1.43 bits per heavy atom. The van der Waals surface area contributed by atoms with Crippen molar-refractivity contribution >= 4 is 28.6 Å². The van der Waals surface area contributed by atoms with E-state index in [1.165, 1.54) is 0 Å². The molecule has 0 saturated carbocycles. The van der Waals surface area contributed by atoms with Gasteiger partial charge in [0.15, 0.2) is 0 Å². The molecule has 0 atom stereocenters. The van der Waals surface area contributed by atoms with Crippen molar-refractivity contribution in [2.75, 3.05) is 11.5 Å². The molecule has 0 rings (SSSR count). The Labute approximate surface area is 142 Å². The fraction of sp³-hybridized carbons (Fsp3) is 1.00. The van der Waals surface area contributed by atoms with Crippen LogP contribution in [-0.2, 0) is 24.1 Å². The van der Waals surface area contributed by atoms with Crippen LogP contribution in [0.15, 0.2) is 0 Å². The van der Waals surface area contributed by atoms with Gasteiger partial charge in [-0.25, -0.2) is 16.8 Å². The minimum Gasteiger partial charge on any atom is -0.748 e. The van der Waals surface area contributed by atoms with Gasteiger partial charge in [0, 0.05) is 0 Å². The maximum atomic E-state index is 12.0. The van der Waals surface area contributed by atoms with Gasteiger partial charge in [-0.2, -0.15) is 0 Å². The van der Waals surface area contributed by atoms with Crippen LogP contribution in [0.2, 0.25) is 16.6 Å². The van der Waals surface area contributed by atoms with E-state index in [-0.39, 0.29) is 35.5 Å². The molecule has 6 nitrogen and oxygen atoms in total. The first-order valence-electron chi connectivity index (χ1n) is 6.61. The van der Waals surface area contributed by atoms with Gasteiger partial charge < -0.3 is 8.42 Å². The van der Waals surface area contributed by atoms with Crippen molar-refractivity contribution in [3.8, 4) is 0 Å². The second kappa shape index (κ2) is 8.48. The Kier molecular flexibility index (Phi) is 9.64. The van der Waals surface area contributed by atoms with Gasteiger partial charge in [-0.1, -0.05) is 41.5 Å². The van der Waals surface area contributed by atoms with Gasteiger partial charge in [-0.05, 0) is 16.6 Å². The van der Waals surface area contributed by atoms with Crippen LogP contribution < -0.4 is 18.9 Å². The molecule has 0 aliphatic heterocycles. The molecule has 0 aromatic carbocycles. The predicted molar refractivity (Wildman–Crippen MR) is 80.5 cm³/mol. The Morgan fingerprint density at radius 2 is 1.19 bits per heavy atom. The van der Waals surface area contributed by atoms with E-state index in [9.17, 15) is 21.4 Å².